The molecule has 0 aliphatic heterocycles. The van der Waals surface area contributed by atoms with Gasteiger partial charge in [-0.2, -0.15) is 16.5 Å². The topological polar surface area (TPSA) is 120 Å². The zero-order chi connectivity index (χ0) is 24.3. The number of benzene rings is 2. The van der Waals surface area contributed by atoms with Gasteiger partial charge in [0.05, 0.1) is 19.1 Å². The number of ether oxygens (including phenoxy) is 3. The maximum Gasteiger partial charge on any atom is 0.324 e. The number of rotatable bonds is 13. The highest BCUT2D eigenvalue weighted by molar-refractivity contribution is 7.98. The summed E-state index contributed by atoms with van der Waals surface area (Å²) in [7, 11) is -0.874. The van der Waals surface area contributed by atoms with Crippen LogP contribution in [0.5, 0.6) is 11.5 Å². The van der Waals surface area contributed by atoms with Crippen LogP contribution in [0.15, 0.2) is 53.4 Å². The van der Waals surface area contributed by atoms with E-state index >= 15 is 0 Å². The van der Waals surface area contributed by atoms with Gasteiger partial charge in [0, 0.05) is 6.54 Å². The van der Waals surface area contributed by atoms with Gasteiger partial charge in [-0.15, -0.1) is 0 Å². The van der Waals surface area contributed by atoms with E-state index < -0.39 is 34.5 Å². The van der Waals surface area contributed by atoms with E-state index in [0.717, 1.165) is 5.56 Å². The first kappa shape index (κ1) is 26.5. The molecule has 0 saturated carbocycles. The van der Waals surface area contributed by atoms with Crippen molar-refractivity contribution in [3.63, 3.8) is 0 Å². The number of sulfonamides is 1. The Morgan fingerprint density at radius 1 is 1.03 bits per heavy atom. The van der Waals surface area contributed by atoms with Crippen molar-refractivity contribution in [2.24, 2.45) is 0 Å². The van der Waals surface area contributed by atoms with Gasteiger partial charge in [0.25, 0.3) is 5.91 Å². The quantitative estimate of drug-likeness (QED) is 0.404. The first-order valence-electron chi connectivity index (χ1n) is 10.0. The van der Waals surface area contributed by atoms with Crippen molar-refractivity contribution < 1.29 is 32.2 Å². The number of hydrogen-bond acceptors (Lipinski definition) is 8. The Hall–Kier alpha value is -2.76. The average molecular weight is 497 g/mol. The molecule has 0 aromatic heterocycles. The molecule has 2 aromatic rings. The SMILES string of the molecule is COc1ccc(CNC(=O)COC(=O)C(CCSC)NS(=O)(=O)c2ccccc2)cc1OC. The molecule has 1 unspecified atom stereocenters. The Morgan fingerprint density at radius 2 is 1.73 bits per heavy atom. The highest BCUT2D eigenvalue weighted by Crippen LogP contribution is 2.27. The average Bonchev–Trinajstić information content (AvgIpc) is 2.83. The number of esters is 1. The van der Waals surface area contributed by atoms with Crippen molar-refractivity contribution in [1.82, 2.24) is 10.0 Å². The van der Waals surface area contributed by atoms with E-state index in [1.54, 1.807) is 36.4 Å². The van der Waals surface area contributed by atoms with Gasteiger partial charge >= 0.3 is 5.97 Å². The summed E-state index contributed by atoms with van der Waals surface area (Å²) < 4.78 is 43.0. The second-order valence-electron chi connectivity index (χ2n) is 6.84. The van der Waals surface area contributed by atoms with E-state index in [4.69, 9.17) is 14.2 Å². The molecule has 180 valence electrons. The minimum Gasteiger partial charge on any atom is -0.493 e. The first-order valence-corrected chi connectivity index (χ1v) is 12.9. The molecule has 0 aliphatic carbocycles. The van der Waals surface area contributed by atoms with Crippen molar-refractivity contribution >= 4 is 33.7 Å². The van der Waals surface area contributed by atoms with Gasteiger partial charge in [0.2, 0.25) is 10.0 Å². The molecule has 0 radical (unpaired) electrons. The highest BCUT2D eigenvalue weighted by Gasteiger charge is 2.27. The van der Waals surface area contributed by atoms with E-state index in [2.05, 4.69) is 10.0 Å². The van der Waals surface area contributed by atoms with Gasteiger partial charge < -0.3 is 19.5 Å². The van der Waals surface area contributed by atoms with Gasteiger partial charge in [-0.1, -0.05) is 24.3 Å². The Labute approximate surface area is 198 Å². The van der Waals surface area contributed by atoms with E-state index in [9.17, 15) is 18.0 Å². The summed E-state index contributed by atoms with van der Waals surface area (Å²) in [6.45, 7) is -0.345. The molecule has 0 spiro atoms. The van der Waals surface area contributed by atoms with Crippen molar-refractivity contribution in [3.05, 3.63) is 54.1 Å². The standard InChI is InChI=1S/C22H28N2O7S2/c1-29-19-10-9-16(13-20(19)30-2)14-23-21(25)15-31-22(26)18(11-12-32-3)24-33(27,28)17-7-5-4-6-8-17/h4-10,13,18,24H,11-12,14-15H2,1-3H3,(H,23,25). The Morgan fingerprint density at radius 3 is 2.36 bits per heavy atom. The molecule has 33 heavy (non-hydrogen) atoms. The van der Waals surface area contributed by atoms with Crippen LogP contribution < -0.4 is 19.5 Å². The molecule has 0 fully saturated rings. The third kappa shape index (κ3) is 8.26. The molecule has 2 aromatic carbocycles. The maximum atomic E-state index is 12.6. The van der Waals surface area contributed by atoms with Crippen LogP contribution in [0.4, 0.5) is 0 Å². The molecule has 1 amide bonds. The van der Waals surface area contributed by atoms with Crippen molar-refractivity contribution in [1.29, 1.82) is 0 Å². The second kappa shape index (κ2) is 13.1. The molecular weight excluding hydrogens is 468 g/mol. The zero-order valence-electron chi connectivity index (χ0n) is 18.7. The Kier molecular flexibility index (Phi) is 10.5. The Balaban J connectivity index is 1.93. The third-order valence-electron chi connectivity index (χ3n) is 4.53. The predicted molar refractivity (Wildman–Crippen MR) is 126 cm³/mol. The molecule has 11 heteroatoms. The van der Waals surface area contributed by atoms with Gasteiger partial charge in [-0.05, 0) is 48.3 Å². The lowest BCUT2D eigenvalue weighted by Gasteiger charge is -2.17. The number of amides is 1. The van der Waals surface area contributed by atoms with Crippen LogP contribution in [0.1, 0.15) is 12.0 Å². The fraction of sp³-hybridized carbons (Fsp3) is 0.364. The van der Waals surface area contributed by atoms with Crippen LogP contribution in [0.25, 0.3) is 0 Å². The molecule has 9 nitrogen and oxygen atoms in total. The van der Waals surface area contributed by atoms with Crippen LogP contribution in [0.3, 0.4) is 0 Å². The van der Waals surface area contributed by atoms with Crippen molar-refractivity contribution in [2.75, 3.05) is 32.8 Å². The van der Waals surface area contributed by atoms with Gasteiger partial charge in [0.15, 0.2) is 18.1 Å². The van der Waals surface area contributed by atoms with Crippen LogP contribution in [-0.2, 0) is 30.9 Å². The van der Waals surface area contributed by atoms with E-state index in [1.807, 2.05) is 6.26 Å². The van der Waals surface area contributed by atoms with Gasteiger partial charge in [-0.25, -0.2) is 8.42 Å². The Bertz CT molecular complexity index is 1030. The molecule has 2 rings (SSSR count). The molecule has 0 saturated heterocycles. The van der Waals surface area contributed by atoms with Crippen LogP contribution in [0, 0.1) is 0 Å². The second-order valence-corrected chi connectivity index (χ2v) is 9.54. The zero-order valence-corrected chi connectivity index (χ0v) is 20.3. The molecule has 1 atom stereocenters. The fourth-order valence-electron chi connectivity index (χ4n) is 2.80. The summed E-state index contributed by atoms with van der Waals surface area (Å²) in [5.41, 5.74) is 0.765. The summed E-state index contributed by atoms with van der Waals surface area (Å²) in [6, 6.07) is 11.8. The lowest BCUT2D eigenvalue weighted by atomic mass is 10.2. The molecule has 0 heterocycles. The molecule has 0 aliphatic rings. The normalized spacial score (nSPS) is 12.0. The number of hydrogen-bond donors (Lipinski definition) is 2. The van der Waals surface area contributed by atoms with Gasteiger partial charge in [0.1, 0.15) is 6.04 Å². The lowest BCUT2D eigenvalue weighted by molar-refractivity contribution is -0.150. The summed E-state index contributed by atoms with van der Waals surface area (Å²) in [6.07, 6.45) is 2.06. The molecular formula is C22H28N2O7S2. The maximum absolute atomic E-state index is 12.6. The summed E-state index contributed by atoms with van der Waals surface area (Å²) in [4.78, 5) is 24.7. The van der Waals surface area contributed by atoms with Crippen LogP contribution in [-0.4, -0.2) is 59.2 Å². The number of thioether (sulfide) groups is 1. The lowest BCUT2D eigenvalue weighted by Crippen LogP contribution is -2.43. The predicted octanol–water partition coefficient (Wildman–Crippen LogP) is 1.96. The number of methoxy groups -OCH3 is 2. The molecule has 0 bridgehead atoms. The highest BCUT2D eigenvalue weighted by atomic mass is 32.2. The van der Waals surface area contributed by atoms with Crippen molar-refractivity contribution in [2.45, 2.75) is 23.9 Å². The third-order valence-corrected chi connectivity index (χ3v) is 6.66. The molecule has 2 N–H and O–H groups in total. The van der Waals surface area contributed by atoms with Crippen LogP contribution in [0.2, 0.25) is 0 Å². The number of carbonyl (C=O) groups is 2. The summed E-state index contributed by atoms with van der Waals surface area (Å²) in [5, 5.41) is 2.64. The minimum absolute atomic E-state index is 0.0413. The number of nitrogens with one attached hydrogen (secondary N) is 2. The largest absolute Gasteiger partial charge is 0.493 e. The van der Waals surface area contributed by atoms with E-state index in [0.29, 0.717) is 17.3 Å². The van der Waals surface area contributed by atoms with Crippen molar-refractivity contribution in [3.8, 4) is 11.5 Å². The summed E-state index contributed by atoms with van der Waals surface area (Å²) >= 11 is 1.46. The van der Waals surface area contributed by atoms with Crippen LogP contribution >= 0.6 is 11.8 Å². The van der Waals surface area contributed by atoms with Gasteiger partial charge in [-0.3, -0.25) is 9.59 Å². The van der Waals surface area contributed by atoms with E-state index in [1.165, 1.54) is 38.1 Å². The van der Waals surface area contributed by atoms with E-state index in [-0.39, 0.29) is 17.9 Å². The summed E-state index contributed by atoms with van der Waals surface area (Å²) in [5.74, 6) is 0.286. The smallest absolute Gasteiger partial charge is 0.324 e. The minimum atomic E-state index is -3.91. The first-order chi connectivity index (χ1) is 15.8. The fourth-order valence-corrected chi connectivity index (χ4v) is 4.51. The number of carbonyl (C=O) groups excluding carboxylic acids is 2. The monoisotopic (exact) mass is 496 g/mol.